The molecule has 2 atom stereocenters. The van der Waals surface area contributed by atoms with Gasteiger partial charge in [-0.05, 0) is 22.3 Å². The lowest BCUT2D eigenvalue weighted by Gasteiger charge is -2.33. The molecule has 1 heterocycles. The number of carboxylic acid groups (broad SMARTS) is 1. The van der Waals surface area contributed by atoms with Crippen molar-refractivity contribution in [2.24, 2.45) is 0 Å². The van der Waals surface area contributed by atoms with Gasteiger partial charge in [0.2, 0.25) is 5.91 Å². The molecule has 4 rings (SSSR count). The highest BCUT2D eigenvalue weighted by Gasteiger charge is 2.40. The van der Waals surface area contributed by atoms with E-state index >= 15 is 0 Å². The fourth-order valence-electron chi connectivity index (χ4n) is 4.43. The number of carbonyl (C=O) groups excluding carboxylic acids is 2. The van der Waals surface area contributed by atoms with Crippen LogP contribution < -0.4 is 5.32 Å². The van der Waals surface area contributed by atoms with Crippen molar-refractivity contribution in [3.8, 4) is 11.1 Å². The molecule has 1 aliphatic carbocycles. The number of hydrogen-bond acceptors (Lipinski definition) is 5. The van der Waals surface area contributed by atoms with E-state index in [1.807, 2.05) is 48.5 Å². The zero-order valence-electron chi connectivity index (χ0n) is 18.5. The van der Waals surface area contributed by atoms with E-state index in [4.69, 9.17) is 4.74 Å². The number of benzene rings is 2. The van der Waals surface area contributed by atoms with Gasteiger partial charge in [0.15, 0.2) is 0 Å². The Morgan fingerprint density at radius 2 is 1.69 bits per heavy atom. The molecular weight excluding hydrogens is 485 g/mol. The van der Waals surface area contributed by atoms with Crippen molar-refractivity contribution < 1.29 is 37.4 Å². The van der Waals surface area contributed by atoms with Gasteiger partial charge in [-0.15, -0.1) is 11.8 Å². The molecule has 7 nitrogen and oxygen atoms in total. The normalized spacial score (nSPS) is 18.4. The van der Waals surface area contributed by atoms with E-state index in [2.05, 4.69) is 5.32 Å². The summed E-state index contributed by atoms with van der Waals surface area (Å²) in [6.07, 6.45) is -7.46. The second-order valence-electron chi connectivity index (χ2n) is 8.32. The summed E-state index contributed by atoms with van der Waals surface area (Å²) in [5.74, 6) is -2.15. The van der Waals surface area contributed by atoms with Crippen LogP contribution in [0, 0.1) is 0 Å². The predicted molar refractivity (Wildman–Crippen MR) is 123 cm³/mol. The van der Waals surface area contributed by atoms with Crippen LogP contribution in [0.1, 0.15) is 23.5 Å². The van der Waals surface area contributed by atoms with Gasteiger partial charge in [0.1, 0.15) is 17.9 Å². The summed E-state index contributed by atoms with van der Waals surface area (Å²) in [5.41, 5.74) is 3.88. The maximum absolute atomic E-state index is 13.2. The molecule has 2 aromatic rings. The van der Waals surface area contributed by atoms with Crippen LogP contribution in [0.3, 0.4) is 0 Å². The molecule has 186 valence electrons. The zero-order chi connectivity index (χ0) is 25.2. The number of carbonyl (C=O) groups is 3. The average Bonchev–Trinajstić information content (AvgIpc) is 3.15. The summed E-state index contributed by atoms with van der Waals surface area (Å²) < 4.78 is 44.9. The topological polar surface area (TPSA) is 95.9 Å². The van der Waals surface area contributed by atoms with Crippen molar-refractivity contribution in [2.45, 2.75) is 29.8 Å². The lowest BCUT2D eigenvalue weighted by atomic mass is 9.98. The SMILES string of the molecule is O=C(NC(CC(F)(F)F)C(=O)N1CCSC(C(=O)O)C1)OCC1c2ccccc2-c2ccccc21. The van der Waals surface area contributed by atoms with E-state index in [-0.39, 0.29) is 31.4 Å². The van der Waals surface area contributed by atoms with Crippen molar-refractivity contribution in [2.75, 3.05) is 25.4 Å². The number of nitrogens with one attached hydrogen (secondary N) is 1. The van der Waals surface area contributed by atoms with Gasteiger partial charge in [0.05, 0.1) is 6.42 Å². The Kier molecular flexibility index (Phi) is 7.25. The number of fused-ring (bicyclic) bond motifs is 3. The van der Waals surface area contributed by atoms with Crippen LogP contribution in [0.2, 0.25) is 0 Å². The second kappa shape index (κ2) is 10.2. The number of thioether (sulfide) groups is 1. The predicted octanol–water partition coefficient (Wildman–Crippen LogP) is 3.87. The number of rotatable bonds is 6. The molecule has 0 saturated carbocycles. The van der Waals surface area contributed by atoms with Crippen molar-refractivity contribution in [1.29, 1.82) is 0 Å². The summed E-state index contributed by atoms with van der Waals surface area (Å²) >= 11 is 1.11. The lowest BCUT2D eigenvalue weighted by Crippen LogP contribution is -2.54. The molecular formula is C24H23F3N2O5S. The van der Waals surface area contributed by atoms with Crippen molar-refractivity contribution in [1.82, 2.24) is 10.2 Å². The molecule has 1 aliphatic heterocycles. The third-order valence-corrected chi connectivity index (χ3v) is 7.19. The first kappa shape index (κ1) is 24.9. The first-order valence-electron chi connectivity index (χ1n) is 11.0. The van der Waals surface area contributed by atoms with E-state index in [1.165, 1.54) is 0 Å². The number of carboxylic acids is 1. The Morgan fingerprint density at radius 1 is 1.09 bits per heavy atom. The van der Waals surface area contributed by atoms with Crippen molar-refractivity contribution >= 4 is 29.7 Å². The van der Waals surface area contributed by atoms with Crippen LogP contribution >= 0.6 is 11.8 Å². The maximum Gasteiger partial charge on any atom is 0.407 e. The number of halogens is 3. The van der Waals surface area contributed by atoms with Crippen molar-refractivity contribution in [3.63, 3.8) is 0 Å². The average molecular weight is 509 g/mol. The number of aliphatic carboxylic acids is 1. The minimum absolute atomic E-state index is 0.0913. The Balaban J connectivity index is 1.44. The third-order valence-electron chi connectivity index (χ3n) is 6.02. The van der Waals surface area contributed by atoms with Crippen LogP contribution in [0.4, 0.5) is 18.0 Å². The number of hydrogen-bond donors (Lipinski definition) is 2. The van der Waals surface area contributed by atoms with Crippen LogP contribution in [0.25, 0.3) is 11.1 Å². The summed E-state index contributed by atoms with van der Waals surface area (Å²) in [6.45, 7) is -0.262. The number of ether oxygens (including phenoxy) is 1. The van der Waals surface area contributed by atoms with Gasteiger partial charge in [-0.2, -0.15) is 13.2 Å². The first-order chi connectivity index (χ1) is 16.6. The smallest absolute Gasteiger partial charge is 0.407 e. The molecule has 1 fully saturated rings. The van der Waals surface area contributed by atoms with E-state index in [0.29, 0.717) is 0 Å². The van der Waals surface area contributed by atoms with Crippen LogP contribution in [0.15, 0.2) is 48.5 Å². The first-order valence-corrected chi connectivity index (χ1v) is 12.0. The van der Waals surface area contributed by atoms with E-state index in [9.17, 15) is 32.7 Å². The third kappa shape index (κ3) is 5.72. The summed E-state index contributed by atoms with van der Waals surface area (Å²) in [6, 6.07) is 13.3. The van der Waals surface area contributed by atoms with Gasteiger partial charge in [-0.3, -0.25) is 9.59 Å². The van der Waals surface area contributed by atoms with E-state index in [1.54, 1.807) is 0 Å². The molecule has 2 unspecified atom stereocenters. The number of amides is 2. The Bertz CT molecular complexity index is 1080. The van der Waals surface area contributed by atoms with E-state index in [0.717, 1.165) is 38.9 Å². The van der Waals surface area contributed by atoms with Crippen LogP contribution in [0.5, 0.6) is 0 Å². The minimum Gasteiger partial charge on any atom is -0.480 e. The van der Waals surface area contributed by atoms with Crippen LogP contribution in [-0.4, -0.2) is 70.9 Å². The second-order valence-corrected chi connectivity index (χ2v) is 9.63. The standard InChI is InChI=1S/C24H23F3N2O5S/c25-24(26,27)11-19(21(30)29-9-10-35-20(12-29)22(31)32)28-23(33)34-13-18-16-7-3-1-5-14(16)15-6-2-4-8-17(15)18/h1-8,18-20H,9-13H2,(H,28,33)(H,31,32). The number of alkyl halides is 3. The van der Waals surface area contributed by atoms with Gasteiger partial charge >= 0.3 is 18.2 Å². The molecule has 2 N–H and O–H groups in total. The Hall–Kier alpha value is -3.21. The molecule has 0 spiro atoms. The molecule has 11 heteroatoms. The minimum atomic E-state index is -4.73. The zero-order valence-corrected chi connectivity index (χ0v) is 19.3. The largest absolute Gasteiger partial charge is 0.480 e. The summed E-state index contributed by atoms with van der Waals surface area (Å²) in [7, 11) is 0. The van der Waals surface area contributed by atoms with Gasteiger partial charge in [-0.1, -0.05) is 48.5 Å². The lowest BCUT2D eigenvalue weighted by molar-refractivity contribution is -0.154. The molecule has 0 radical (unpaired) electrons. The molecule has 1 saturated heterocycles. The maximum atomic E-state index is 13.2. The molecule has 0 bridgehead atoms. The highest BCUT2D eigenvalue weighted by atomic mass is 32.2. The van der Waals surface area contributed by atoms with E-state index < -0.39 is 41.9 Å². The highest BCUT2D eigenvalue weighted by Crippen LogP contribution is 2.44. The molecule has 2 amide bonds. The van der Waals surface area contributed by atoms with Crippen molar-refractivity contribution in [3.05, 3.63) is 59.7 Å². The fraction of sp³-hybridized carbons (Fsp3) is 0.375. The van der Waals surface area contributed by atoms with Gasteiger partial charge in [-0.25, -0.2) is 4.79 Å². The molecule has 35 heavy (non-hydrogen) atoms. The highest BCUT2D eigenvalue weighted by molar-refractivity contribution is 8.00. The van der Waals surface area contributed by atoms with Gasteiger partial charge < -0.3 is 20.1 Å². The van der Waals surface area contributed by atoms with Gasteiger partial charge in [0.25, 0.3) is 0 Å². The number of alkyl carbamates (subject to hydrolysis) is 1. The summed E-state index contributed by atoms with van der Waals surface area (Å²) in [4.78, 5) is 37.6. The molecule has 0 aromatic heterocycles. The summed E-state index contributed by atoms with van der Waals surface area (Å²) in [5, 5.41) is 10.3. The Labute approximate surface area is 203 Å². The fourth-order valence-corrected chi connectivity index (χ4v) is 5.47. The quantitative estimate of drug-likeness (QED) is 0.615. The van der Waals surface area contributed by atoms with Crippen LogP contribution in [-0.2, 0) is 14.3 Å². The number of nitrogens with zero attached hydrogens (tertiary/aromatic N) is 1. The van der Waals surface area contributed by atoms with Gasteiger partial charge in [0, 0.05) is 24.8 Å². The molecule has 2 aliphatic rings. The Morgan fingerprint density at radius 3 is 2.26 bits per heavy atom. The monoisotopic (exact) mass is 508 g/mol. The molecule has 2 aromatic carbocycles.